The summed E-state index contributed by atoms with van der Waals surface area (Å²) in [4.78, 5) is 1.54. The Hall–Kier alpha value is -1.05. The van der Waals surface area contributed by atoms with Crippen LogP contribution in [0.15, 0.2) is 12.2 Å². The average Bonchev–Trinajstić information content (AvgIpc) is 2.17. The molecule has 3 nitrogen and oxygen atoms in total. The van der Waals surface area contributed by atoms with Crippen LogP contribution in [-0.4, -0.2) is 54.4 Å². The summed E-state index contributed by atoms with van der Waals surface area (Å²) in [5, 5.41) is 0.0449. The first-order valence-corrected chi connectivity index (χ1v) is 4.63. The Morgan fingerprint density at radius 2 is 1.69 bits per heavy atom. The maximum Gasteiger partial charge on any atom is 0.460 e. The summed E-state index contributed by atoms with van der Waals surface area (Å²) in [6, 6.07) is 0. The molecule has 0 unspecified atom stereocenters. The first-order valence-electron chi connectivity index (χ1n) is 4.63. The number of hydrogen-bond donors (Lipinski definition) is 0. The molecule has 0 aromatic carbocycles. The van der Waals surface area contributed by atoms with Gasteiger partial charge in [-0.3, -0.25) is 0 Å². The molecule has 0 aromatic heterocycles. The van der Waals surface area contributed by atoms with Gasteiger partial charge in [-0.1, -0.05) is 4.48 Å². The van der Waals surface area contributed by atoms with Crippen molar-refractivity contribution >= 4 is 0 Å². The number of nitrogens with zero attached hydrogens (tertiary/aromatic N) is 3. The van der Waals surface area contributed by atoms with E-state index in [0.717, 1.165) is 7.05 Å². The van der Waals surface area contributed by atoms with Crippen LogP contribution >= 0.6 is 0 Å². The highest BCUT2D eigenvalue weighted by Crippen LogP contribution is 2.24. The summed E-state index contributed by atoms with van der Waals surface area (Å²) in [7, 11) is 0.988. The molecule has 0 saturated carbocycles. The third-order valence-electron chi connectivity index (χ3n) is 2.38. The van der Waals surface area contributed by atoms with Crippen molar-refractivity contribution in [3.8, 4) is 0 Å². The minimum Gasteiger partial charge on any atom is -0.352 e. The molecule has 1 aliphatic heterocycles. The molecule has 0 atom stereocenters. The Kier molecular flexibility index (Phi) is 3.95. The van der Waals surface area contributed by atoms with Gasteiger partial charge in [0.15, 0.2) is 5.82 Å². The second kappa shape index (κ2) is 4.86. The predicted octanol–water partition coefficient (Wildman–Crippen LogP) is 1.71. The zero-order chi connectivity index (χ0) is 12.3. The number of halogens is 5. The first kappa shape index (κ1) is 13.0. The van der Waals surface area contributed by atoms with Crippen LogP contribution in [0.1, 0.15) is 0 Å². The number of hydrogen-bond acceptors (Lipinski definition) is 3. The van der Waals surface area contributed by atoms with E-state index in [1.165, 1.54) is 4.90 Å². The minimum atomic E-state index is -4.38. The van der Waals surface area contributed by atoms with Crippen LogP contribution in [0.5, 0.6) is 0 Å². The molecule has 1 heterocycles. The highest BCUT2D eigenvalue weighted by atomic mass is 19.4. The van der Waals surface area contributed by atoms with E-state index < -0.39 is 6.30 Å². The van der Waals surface area contributed by atoms with Crippen molar-refractivity contribution in [2.24, 2.45) is 0 Å². The second-order valence-electron chi connectivity index (χ2n) is 3.39. The van der Waals surface area contributed by atoms with Crippen molar-refractivity contribution < 1.29 is 22.0 Å². The van der Waals surface area contributed by atoms with Gasteiger partial charge in [-0.25, -0.2) is 9.29 Å². The van der Waals surface area contributed by atoms with Crippen LogP contribution in [0.4, 0.5) is 22.0 Å². The molecule has 0 aliphatic carbocycles. The number of piperazine rings is 1. The molecule has 0 amide bonds. The lowest BCUT2D eigenvalue weighted by Crippen LogP contribution is -2.52. The van der Waals surface area contributed by atoms with Gasteiger partial charge in [0.25, 0.3) is 0 Å². The predicted molar refractivity (Wildman–Crippen MR) is 47.3 cm³/mol. The number of rotatable bonds is 2. The molecule has 8 heteroatoms. The zero-order valence-corrected chi connectivity index (χ0v) is 8.64. The van der Waals surface area contributed by atoms with Gasteiger partial charge in [-0.15, -0.1) is 0 Å². The summed E-state index contributed by atoms with van der Waals surface area (Å²) in [5.74, 6) is -0.359. The van der Waals surface area contributed by atoms with E-state index >= 15 is 0 Å². The molecule has 1 fully saturated rings. The van der Waals surface area contributed by atoms with Crippen molar-refractivity contribution in [1.82, 2.24) is 14.9 Å². The maximum atomic E-state index is 12.7. The molecule has 16 heavy (non-hydrogen) atoms. The van der Waals surface area contributed by atoms with E-state index in [1.54, 1.807) is 0 Å². The van der Waals surface area contributed by atoms with Crippen molar-refractivity contribution in [1.29, 1.82) is 0 Å². The molecule has 0 aromatic rings. The lowest BCUT2D eigenvalue weighted by molar-refractivity contribution is -0.252. The van der Waals surface area contributed by atoms with Gasteiger partial charge in [0, 0.05) is 33.2 Å². The zero-order valence-electron chi connectivity index (χ0n) is 8.64. The summed E-state index contributed by atoms with van der Waals surface area (Å²) in [6.07, 6.45) is -4.34. The molecule has 0 radical (unpaired) electrons. The molecule has 1 saturated heterocycles. The normalized spacial score (nSPS) is 20.1. The van der Waals surface area contributed by atoms with E-state index in [0.29, 0.717) is 4.90 Å². The van der Waals surface area contributed by atoms with Crippen LogP contribution in [-0.2, 0) is 0 Å². The van der Waals surface area contributed by atoms with E-state index in [2.05, 4.69) is 0 Å². The fourth-order valence-electron chi connectivity index (χ4n) is 1.52. The Morgan fingerprint density at radius 1 is 1.19 bits per heavy atom. The SMILES string of the molecule is CN(F)/C(=C/F)N1CCN(C(F)(F)F)CC1. The standard InChI is InChI=1S/C8H12F5N3/c1-14(13)7(6-9)15-2-4-16(5-3-15)8(10,11)12/h6H,2-5H2,1H3/b7-6-. The Labute approximate surface area is 89.6 Å². The quantitative estimate of drug-likeness (QED) is 0.416. The van der Waals surface area contributed by atoms with Gasteiger partial charge < -0.3 is 4.90 Å². The van der Waals surface area contributed by atoms with Crippen molar-refractivity contribution in [2.75, 3.05) is 33.2 Å². The fraction of sp³-hybridized carbons (Fsp3) is 0.750. The summed E-state index contributed by atoms with van der Waals surface area (Å²) < 4.78 is 61.8. The summed E-state index contributed by atoms with van der Waals surface area (Å²) >= 11 is 0. The average molecular weight is 245 g/mol. The van der Waals surface area contributed by atoms with Crippen LogP contribution in [0.25, 0.3) is 0 Å². The van der Waals surface area contributed by atoms with Crippen LogP contribution in [0.2, 0.25) is 0 Å². The highest BCUT2D eigenvalue weighted by Gasteiger charge is 2.39. The largest absolute Gasteiger partial charge is 0.460 e. The van der Waals surface area contributed by atoms with Crippen LogP contribution < -0.4 is 0 Å². The molecule has 0 N–H and O–H groups in total. The lowest BCUT2D eigenvalue weighted by atomic mass is 10.3. The molecule has 0 bridgehead atoms. The van der Waals surface area contributed by atoms with E-state index in [9.17, 15) is 22.0 Å². The van der Waals surface area contributed by atoms with Gasteiger partial charge in [-0.2, -0.15) is 18.3 Å². The summed E-state index contributed by atoms with van der Waals surface area (Å²) in [5.41, 5.74) is 0. The number of alkyl halides is 3. The Bertz CT molecular complexity index is 255. The first-order chi connectivity index (χ1) is 7.36. The van der Waals surface area contributed by atoms with E-state index in [4.69, 9.17) is 0 Å². The van der Waals surface area contributed by atoms with Crippen molar-refractivity contribution in [3.63, 3.8) is 0 Å². The van der Waals surface area contributed by atoms with Crippen molar-refractivity contribution in [3.05, 3.63) is 12.2 Å². The second-order valence-corrected chi connectivity index (χ2v) is 3.39. The molecular weight excluding hydrogens is 233 g/mol. The van der Waals surface area contributed by atoms with Crippen LogP contribution in [0, 0.1) is 0 Å². The van der Waals surface area contributed by atoms with Gasteiger partial charge in [0.05, 0.1) is 0 Å². The third-order valence-corrected chi connectivity index (χ3v) is 2.38. The Balaban J connectivity index is 2.55. The molecule has 94 valence electrons. The van der Waals surface area contributed by atoms with Crippen LogP contribution in [0.3, 0.4) is 0 Å². The molecule has 1 aliphatic rings. The lowest BCUT2D eigenvalue weighted by Gasteiger charge is -2.37. The van der Waals surface area contributed by atoms with Crippen molar-refractivity contribution in [2.45, 2.75) is 6.30 Å². The monoisotopic (exact) mass is 245 g/mol. The van der Waals surface area contributed by atoms with E-state index in [1.807, 2.05) is 0 Å². The van der Waals surface area contributed by atoms with Gasteiger partial charge in [0.1, 0.15) is 6.33 Å². The highest BCUT2D eigenvalue weighted by molar-refractivity contribution is 4.95. The topological polar surface area (TPSA) is 9.72 Å². The maximum absolute atomic E-state index is 12.7. The fourth-order valence-corrected chi connectivity index (χ4v) is 1.52. The third kappa shape index (κ3) is 2.97. The molecule has 0 spiro atoms. The van der Waals surface area contributed by atoms with Gasteiger partial charge in [0.2, 0.25) is 0 Å². The smallest absolute Gasteiger partial charge is 0.352 e. The Morgan fingerprint density at radius 3 is 2.00 bits per heavy atom. The minimum absolute atomic E-state index is 0.0449. The van der Waals surface area contributed by atoms with Gasteiger partial charge >= 0.3 is 6.30 Å². The summed E-state index contributed by atoms with van der Waals surface area (Å²) in [6.45, 7) is -0.726. The van der Waals surface area contributed by atoms with Gasteiger partial charge in [-0.05, 0) is 0 Å². The van der Waals surface area contributed by atoms with E-state index in [-0.39, 0.29) is 43.5 Å². The molecule has 1 rings (SSSR count). The molecular formula is C8H12F5N3.